The summed E-state index contributed by atoms with van der Waals surface area (Å²) in [7, 11) is -3.19. The lowest BCUT2D eigenvalue weighted by Gasteiger charge is -2.33. The van der Waals surface area contributed by atoms with Gasteiger partial charge in [-0.05, 0) is 13.0 Å². The Balaban J connectivity index is 1.86. The molecule has 24 heavy (non-hydrogen) atoms. The molecular weight excluding hydrogens is 336 g/mol. The highest BCUT2D eigenvalue weighted by molar-refractivity contribution is 7.89. The lowest BCUT2D eigenvalue weighted by molar-refractivity contribution is -0.384. The number of rotatable bonds is 6. The Morgan fingerprint density at radius 2 is 1.96 bits per heavy atom. The van der Waals surface area contributed by atoms with Crippen molar-refractivity contribution in [3.8, 4) is 0 Å². The number of carbonyl (C=O) groups excluding carboxylic acids is 1. The van der Waals surface area contributed by atoms with Gasteiger partial charge in [-0.3, -0.25) is 19.8 Å². The Morgan fingerprint density at radius 1 is 1.29 bits per heavy atom. The van der Waals surface area contributed by atoms with Crippen LogP contribution >= 0.6 is 0 Å². The van der Waals surface area contributed by atoms with Gasteiger partial charge in [0.05, 0.1) is 17.2 Å². The van der Waals surface area contributed by atoms with Crippen LogP contribution in [0.4, 0.5) is 11.4 Å². The van der Waals surface area contributed by atoms with Gasteiger partial charge in [-0.25, -0.2) is 8.42 Å². The van der Waals surface area contributed by atoms with Crippen molar-refractivity contribution in [1.82, 2.24) is 9.21 Å². The van der Waals surface area contributed by atoms with Crippen molar-refractivity contribution < 1.29 is 18.1 Å². The van der Waals surface area contributed by atoms with Crippen LogP contribution in [-0.2, 0) is 14.8 Å². The molecule has 0 unspecified atom stereocenters. The molecule has 1 aromatic rings. The summed E-state index contributed by atoms with van der Waals surface area (Å²) in [6, 6.07) is 5.73. The Bertz CT molecular complexity index is 714. The van der Waals surface area contributed by atoms with E-state index in [1.54, 1.807) is 13.0 Å². The van der Waals surface area contributed by atoms with Crippen LogP contribution in [0.3, 0.4) is 0 Å². The SMILES string of the molecule is CCS(=O)(=O)N1CCN(CC(=O)Nc2cccc([N+](=O)[O-])c2)CC1. The van der Waals surface area contributed by atoms with E-state index in [0.717, 1.165) is 0 Å². The molecule has 2 rings (SSSR count). The van der Waals surface area contributed by atoms with Gasteiger partial charge >= 0.3 is 0 Å². The molecule has 1 aliphatic heterocycles. The molecule has 0 saturated carbocycles. The highest BCUT2D eigenvalue weighted by Gasteiger charge is 2.26. The number of hydrogen-bond donors (Lipinski definition) is 1. The number of nitrogens with zero attached hydrogens (tertiary/aromatic N) is 3. The summed E-state index contributed by atoms with van der Waals surface area (Å²) in [4.78, 5) is 24.1. The second-order valence-corrected chi connectivity index (χ2v) is 7.69. The maximum atomic E-state index is 12.0. The van der Waals surface area contributed by atoms with Crippen LogP contribution in [-0.4, -0.2) is 66.9 Å². The van der Waals surface area contributed by atoms with Gasteiger partial charge in [0.1, 0.15) is 0 Å². The zero-order valence-electron chi connectivity index (χ0n) is 13.3. The third kappa shape index (κ3) is 4.73. The number of piperazine rings is 1. The van der Waals surface area contributed by atoms with Crippen molar-refractivity contribution in [2.24, 2.45) is 0 Å². The van der Waals surface area contributed by atoms with Crippen LogP contribution in [0.15, 0.2) is 24.3 Å². The second-order valence-electron chi connectivity index (χ2n) is 5.43. The average Bonchev–Trinajstić information content (AvgIpc) is 2.55. The highest BCUT2D eigenvalue weighted by atomic mass is 32.2. The molecule has 132 valence electrons. The van der Waals surface area contributed by atoms with Crippen molar-refractivity contribution in [2.45, 2.75) is 6.92 Å². The summed E-state index contributed by atoms with van der Waals surface area (Å²) < 4.78 is 25.0. The average molecular weight is 356 g/mol. The van der Waals surface area contributed by atoms with Gasteiger partial charge in [-0.15, -0.1) is 0 Å². The Labute approximate surface area is 140 Å². The van der Waals surface area contributed by atoms with Crippen LogP contribution in [0.1, 0.15) is 6.92 Å². The van der Waals surface area contributed by atoms with E-state index in [4.69, 9.17) is 0 Å². The molecule has 0 aliphatic carbocycles. The zero-order valence-corrected chi connectivity index (χ0v) is 14.2. The summed E-state index contributed by atoms with van der Waals surface area (Å²) in [5, 5.41) is 13.3. The minimum absolute atomic E-state index is 0.0697. The Morgan fingerprint density at radius 3 is 2.54 bits per heavy atom. The molecular formula is C14H20N4O5S. The normalized spacial score (nSPS) is 16.7. The largest absolute Gasteiger partial charge is 0.325 e. The van der Waals surface area contributed by atoms with E-state index in [0.29, 0.717) is 31.9 Å². The monoisotopic (exact) mass is 356 g/mol. The van der Waals surface area contributed by atoms with Gasteiger partial charge in [0.15, 0.2) is 0 Å². The molecule has 9 nitrogen and oxygen atoms in total. The van der Waals surface area contributed by atoms with E-state index in [9.17, 15) is 23.3 Å². The van der Waals surface area contributed by atoms with Crippen molar-refractivity contribution >= 4 is 27.3 Å². The highest BCUT2D eigenvalue weighted by Crippen LogP contribution is 2.17. The van der Waals surface area contributed by atoms with Gasteiger partial charge < -0.3 is 5.32 Å². The topological polar surface area (TPSA) is 113 Å². The molecule has 1 aromatic carbocycles. The van der Waals surface area contributed by atoms with Crippen LogP contribution < -0.4 is 5.32 Å². The molecule has 0 bridgehead atoms. The number of nitro groups is 1. The minimum atomic E-state index is -3.19. The summed E-state index contributed by atoms with van der Waals surface area (Å²) in [5.74, 6) is -0.220. The van der Waals surface area contributed by atoms with Crippen LogP contribution in [0, 0.1) is 10.1 Å². The van der Waals surface area contributed by atoms with Crippen molar-refractivity contribution in [1.29, 1.82) is 0 Å². The molecule has 1 aliphatic rings. The van der Waals surface area contributed by atoms with E-state index in [1.165, 1.54) is 22.5 Å². The molecule has 0 radical (unpaired) electrons. The van der Waals surface area contributed by atoms with Crippen molar-refractivity contribution in [2.75, 3.05) is 43.8 Å². The number of nitro benzene ring substituents is 1. The van der Waals surface area contributed by atoms with E-state index in [2.05, 4.69) is 5.32 Å². The van der Waals surface area contributed by atoms with Crippen molar-refractivity contribution in [3.05, 3.63) is 34.4 Å². The summed E-state index contributed by atoms with van der Waals surface area (Å²) >= 11 is 0. The van der Waals surface area contributed by atoms with Crippen LogP contribution in [0.2, 0.25) is 0 Å². The fraction of sp³-hybridized carbons (Fsp3) is 0.500. The molecule has 0 spiro atoms. The molecule has 10 heteroatoms. The van der Waals surface area contributed by atoms with E-state index in [-0.39, 0.29) is 23.9 Å². The molecule has 1 amide bonds. The number of sulfonamides is 1. The number of nitrogens with one attached hydrogen (secondary N) is 1. The summed E-state index contributed by atoms with van der Waals surface area (Å²) in [5.41, 5.74) is 0.271. The lowest BCUT2D eigenvalue weighted by atomic mass is 10.2. The Hall–Kier alpha value is -2.04. The predicted molar refractivity (Wildman–Crippen MR) is 89.2 cm³/mol. The molecule has 1 fully saturated rings. The standard InChI is InChI=1S/C14H20N4O5S/c1-2-24(22,23)17-8-6-16(7-9-17)11-14(19)15-12-4-3-5-13(10-12)18(20)21/h3-5,10H,2,6-9,11H2,1H3,(H,15,19). The van der Waals surface area contributed by atoms with E-state index in [1.807, 2.05) is 4.90 Å². The number of carbonyl (C=O) groups is 1. The first kappa shape index (κ1) is 18.3. The first-order valence-corrected chi connectivity index (χ1v) is 9.17. The predicted octanol–water partition coefficient (Wildman–Crippen LogP) is 0.501. The van der Waals surface area contributed by atoms with E-state index >= 15 is 0 Å². The maximum Gasteiger partial charge on any atom is 0.271 e. The van der Waals surface area contributed by atoms with Crippen LogP contribution in [0.25, 0.3) is 0 Å². The van der Waals surface area contributed by atoms with Gasteiger partial charge in [0.2, 0.25) is 15.9 Å². The smallest absolute Gasteiger partial charge is 0.271 e. The number of amides is 1. The Kier molecular flexibility index (Phi) is 5.86. The van der Waals surface area contributed by atoms with Crippen molar-refractivity contribution in [3.63, 3.8) is 0 Å². The van der Waals surface area contributed by atoms with Gasteiger partial charge in [0, 0.05) is 44.0 Å². The van der Waals surface area contributed by atoms with E-state index < -0.39 is 14.9 Å². The number of anilines is 1. The lowest BCUT2D eigenvalue weighted by Crippen LogP contribution is -2.50. The quantitative estimate of drug-likeness (QED) is 0.587. The van der Waals surface area contributed by atoms with Gasteiger partial charge in [-0.1, -0.05) is 6.07 Å². The fourth-order valence-electron chi connectivity index (χ4n) is 2.45. The molecule has 0 atom stereocenters. The molecule has 1 heterocycles. The molecule has 1 N–H and O–H groups in total. The van der Waals surface area contributed by atoms with Gasteiger partial charge in [0.25, 0.3) is 5.69 Å². The number of non-ortho nitro benzene ring substituents is 1. The first-order chi connectivity index (χ1) is 11.3. The minimum Gasteiger partial charge on any atom is -0.325 e. The summed E-state index contributed by atoms with van der Waals surface area (Å²) in [6.07, 6.45) is 0. The maximum absolute atomic E-state index is 12.0. The third-order valence-corrected chi connectivity index (χ3v) is 5.68. The second kappa shape index (κ2) is 7.69. The fourth-order valence-corrected chi connectivity index (χ4v) is 3.53. The molecule has 1 saturated heterocycles. The van der Waals surface area contributed by atoms with Gasteiger partial charge in [-0.2, -0.15) is 4.31 Å². The number of hydrogen-bond acceptors (Lipinski definition) is 6. The summed E-state index contributed by atoms with van der Waals surface area (Å²) in [6.45, 7) is 3.39. The van der Waals surface area contributed by atoms with Crippen LogP contribution in [0.5, 0.6) is 0 Å². The molecule has 0 aromatic heterocycles. The zero-order chi connectivity index (χ0) is 17.7. The third-order valence-electron chi connectivity index (χ3n) is 3.80. The number of benzene rings is 1. The first-order valence-electron chi connectivity index (χ1n) is 7.56.